The second-order valence-electron chi connectivity index (χ2n) is 4.48. The molecule has 82 valence electrons. The van der Waals surface area contributed by atoms with Gasteiger partial charge in [0.15, 0.2) is 0 Å². The van der Waals surface area contributed by atoms with Crippen molar-refractivity contribution < 1.29 is 0 Å². The van der Waals surface area contributed by atoms with E-state index < -0.39 is 0 Å². The number of hydrogen-bond donors (Lipinski definition) is 2. The molecule has 0 saturated carbocycles. The van der Waals surface area contributed by atoms with Gasteiger partial charge in [-0.2, -0.15) is 5.10 Å². The SMILES string of the molecule is c1c(C2CCNCC2)nn2c1CNCC2. The van der Waals surface area contributed by atoms with Gasteiger partial charge in [-0.15, -0.1) is 0 Å². The van der Waals surface area contributed by atoms with Crippen molar-refractivity contribution in [3.8, 4) is 0 Å². The second kappa shape index (κ2) is 3.94. The average Bonchev–Trinajstić information content (AvgIpc) is 2.74. The summed E-state index contributed by atoms with van der Waals surface area (Å²) in [6, 6.07) is 2.29. The fourth-order valence-corrected chi connectivity index (χ4v) is 2.53. The highest BCUT2D eigenvalue weighted by Gasteiger charge is 2.20. The molecule has 0 aromatic carbocycles. The summed E-state index contributed by atoms with van der Waals surface area (Å²) < 4.78 is 2.17. The van der Waals surface area contributed by atoms with Crippen molar-refractivity contribution in [2.75, 3.05) is 19.6 Å². The fraction of sp³-hybridized carbons (Fsp3) is 0.727. The molecule has 2 aliphatic rings. The van der Waals surface area contributed by atoms with Gasteiger partial charge >= 0.3 is 0 Å². The normalized spacial score (nSPS) is 22.7. The van der Waals surface area contributed by atoms with Crippen LogP contribution in [0, 0.1) is 0 Å². The molecule has 0 spiro atoms. The number of fused-ring (bicyclic) bond motifs is 1. The van der Waals surface area contributed by atoms with Gasteiger partial charge in [0.2, 0.25) is 0 Å². The summed E-state index contributed by atoms with van der Waals surface area (Å²) in [5, 5.41) is 11.5. The Kier molecular flexibility index (Phi) is 2.46. The molecule has 1 fully saturated rings. The van der Waals surface area contributed by atoms with Crippen LogP contribution in [0.5, 0.6) is 0 Å². The third kappa shape index (κ3) is 1.79. The lowest BCUT2D eigenvalue weighted by molar-refractivity contribution is 0.437. The van der Waals surface area contributed by atoms with Gasteiger partial charge in [0.1, 0.15) is 0 Å². The highest BCUT2D eigenvalue weighted by atomic mass is 15.3. The fourth-order valence-electron chi connectivity index (χ4n) is 2.53. The molecular weight excluding hydrogens is 188 g/mol. The summed E-state index contributed by atoms with van der Waals surface area (Å²) in [6.07, 6.45) is 2.48. The standard InChI is InChI=1S/C11H18N4/c1-3-12-4-2-9(1)11-7-10-8-13-5-6-15(10)14-11/h7,9,12-13H,1-6,8H2. The zero-order valence-corrected chi connectivity index (χ0v) is 9.00. The molecule has 2 aliphatic heterocycles. The van der Waals surface area contributed by atoms with Gasteiger partial charge < -0.3 is 10.6 Å². The molecule has 1 saturated heterocycles. The Morgan fingerprint density at radius 3 is 2.87 bits per heavy atom. The molecule has 1 aromatic rings. The van der Waals surface area contributed by atoms with Gasteiger partial charge in [-0.25, -0.2) is 0 Å². The molecule has 0 amide bonds. The van der Waals surface area contributed by atoms with Crippen molar-refractivity contribution in [3.05, 3.63) is 17.5 Å². The largest absolute Gasteiger partial charge is 0.317 e. The Labute approximate surface area is 90.0 Å². The van der Waals surface area contributed by atoms with Crippen LogP contribution >= 0.6 is 0 Å². The van der Waals surface area contributed by atoms with Crippen LogP contribution in [0.25, 0.3) is 0 Å². The first-order valence-electron chi connectivity index (χ1n) is 5.91. The summed E-state index contributed by atoms with van der Waals surface area (Å²) >= 11 is 0. The Balaban J connectivity index is 1.82. The number of nitrogens with zero attached hydrogens (tertiary/aromatic N) is 2. The Morgan fingerprint density at radius 2 is 2.07 bits per heavy atom. The van der Waals surface area contributed by atoms with E-state index in [-0.39, 0.29) is 0 Å². The number of rotatable bonds is 1. The van der Waals surface area contributed by atoms with E-state index in [0.717, 1.165) is 32.7 Å². The number of aromatic nitrogens is 2. The third-order valence-corrected chi connectivity index (χ3v) is 3.45. The molecule has 15 heavy (non-hydrogen) atoms. The van der Waals surface area contributed by atoms with Crippen LogP contribution < -0.4 is 10.6 Å². The summed E-state index contributed by atoms with van der Waals surface area (Å²) in [5.74, 6) is 0.685. The highest BCUT2D eigenvalue weighted by molar-refractivity contribution is 5.16. The first-order valence-corrected chi connectivity index (χ1v) is 5.91. The van der Waals surface area contributed by atoms with E-state index >= 15 is 0 Å². The molecule has 3 rings (SSSR count). The van der Waals surface area contributed by atoms with Gasteiger partial charge in [-0.3, -0.25) is 4.68 Å². The molecule has 1 aromatic heterocycles. The van der Waals surface area contributed by atoms with Crippen molar-refractivity contribution in [3.63, 3.8) is 0 Å². The van der Waals surface area contributed by atoms with Crippen molar-refractivity contribution in [2.45, 2.75) is 31.8 Å². The van der Waals surface area contributed by atoms with Gasteiger partial charge in [-0.05, 0) is 32.0 Å². The molecule has 2 N–H and O–H groups in total. The summed E-state index contributed by atoms with van der Waals surface area (Å²) in [7, 11) is 0. The van der Waals surface area contributed by atoms with Gasteiger partial charge in [-0.1, -0.05) is 0 Å². The lowest BCUT2D eigenvalue weighted by Gasteiger charge is -2.20. The topological polar surface area (TPSA) is 41.9 Å². The minimum Gasteiger partial charge on any atom is -0.317 e. The zero-order valence-electron chi connectivity index (χ0n) is 9.00. The van der Waals surface area contributed by atoms with E-state index in [0.29, 0.717) is 5.92 Å². The van der Waals surface area contributed by atoms with Crippen molar-refractivity contribution in [1.82, 2.24) is 20.4 Å². The van der Waals surface area contributed by atoms with Crippen LogP contribution in [-0.4, -0.2) is 29.4 Å². The van der Waals surface area contributed by atoms with Crippen LogP contribution in [0.3, 0.4) is 0 Å². The molecule has 0 bridgehead atoms. The predicted molar refractivity (Wildman–Crippen MR) is 58.8 cm³/mol. The van der Waals surface area contributed by atoms with E-state index in [1.165, 1.54) is 24.2 Å². The molecular formula is C11H18N4. The maximum absolute atomic E-state index is 4.72. The number of hydrogen-bond acceptors (Lipinski definition) is 3. The monoisotopic (exact) mass is 206 g/mol. The van der Waals surface area contributed by atoms with Crippen molar-refractivity contribution in [1.29, 1.82) is 0 Å². The summed E-state index contributed by atoms with van der Waals surface area (Å²) in [5.41, 5.74) is 2.67. The molecule has 0 atom stereocenters. The van der Waals surface area contributed by atoms with Crippen molar-refractivity contribution >= 4 is 0 Å². The van der Waals surface area contributed by atoms with Gasteiger partial charge in [0, 0.05) is 19.0 Å². The van der Waals surface area contributed by atoms with Gasteiger partial charge in [0.25, 0.3) is 0 Å². The first kappa shape index (κ1) is 9.36. The first-order chi connectivity index (χ1) is 7.43. The number of nitrogens with one attached hydrogen (secondary N) is 2. The van der Waals surface area contributed by atoms with E-state index in [1.54, 1.807) is 0 Å². The predicted octanol–water partition coefficient (Wildman–Crippen LogP) is 0.453. The molecule has 4 nitrogen and oxygen atoms in total. The van der Waals surface area contributed by atoms with Crippen LogP contribution in [0.1, 0.15) is 30.1 Å². The average molecular weight is 206 g/mol. The molecule has 3 heterocycles. The maximum Gasteiger partial charge on any atom is 0.0659 e. The van der Waals surface area contributed by atoms with Crippen LogP contribution in [-0.2, 0) is 13.1 Å². The highest BCUT2D eigenvalue weighted by Crippen LogP contribution is 2.25. The summed E-state index contributed by atoms with van der Waals surface area (Å²) in [4.78, 5) is 0. The Hall–Kier alpha value is -0.870. The minimum absolute atomic E-state index is 0.685. The molecule has 0 radical (unpaired) electrons. The van der Waals surface area contributed by atoms with Crippen LogP contribution in [0.15, 0.2) is 6.07 Å². The molecule has 0 aliphatic carbocycles. The number of piperidine rings is 1. The Morgan fingerprint density at radius 1 is 1.20 bits per heavy atom. The van der Waals surface area contributed by atoms with Gasteiger partial charge in [0.05, 0.1) is 17.9 Å². The lowest BCUT2D eigenvalue weighted by Crippen LogP contribution is -2.28. The van der Waals surface area contributed by atoms with Crippen molar-refractivity contribution in [2.24, 2.45) is 0 Å². The van der Waals surface area contributed by atoms with E-state index in [9.17, 15) is 0 Å². The smallest absolute Gasteiger partial charge is 0.0659 e. The van der Waals surface area contributed by atoms with Crippen LogP contribution in [0.2, 0.25) is 0 Å². The Bertz CT molecular complexity index is 315. The maximum atomic E-state index is 4.72. The molecule has 0 unspecified atom stereocenters. The zero-order chi connectivity index (χ0) is 10.1. The lowest BCUT2D eigenvalue weighted by atomic mass is 9.94. The quantitative estimate of drug-likeness (QED) is 0.701. The second-order valence-corrected chi connectivity index (χ2v) is 4.48. The van der Waals surface area contributed by atoms with E-state index in [2.05, 4.69) is 21.4 Å². The van der Waals surface area contributed by atoms with Crippen LogP contribution in [0.4, 0.5) is 0 Å². The van der Waals surface area contributed by atoms with E-state index in [1.807, 2.05) is 0 Å². The van der Waals surface area contributed by atoms with E-state index in [4.69, 9.17) is 5.10 Å². The summed E-state index contributed by atoms with van der Waals surface area (Å²) in [6.45, 7) is 5.36. The molecule has 4 heteroatoms. The minimum atomic E-state index is 0.685. The third-order valence-electron chi connectivity index (χ3n) is 3.45.